The number of thiophene rings is 1. The Hall–Kier alpha value is -3.98. The summed E-state index contributed by atoms with van der Waals surface area (Å²) >= 11 is 7.98. The zero-order valence-corrected chi connectivity index (χ0v) is 24.5. The fraction of sp³-hybridized carbons (Fsp3) is 0.125. The molecular formula is C32H26Cl2F2N2O3S. The maximum Gasteiger partial charge on any atom is 0.387 e. The maximum atomic E-state index is 12.6. The highest BCUT2D eigenvalue weighted by Gasteiger charge is 2.16. The molecule has 0 saturated carbocycles. The zero-order chi connectivity index (χ0) is 28.6. The number of amides is 1. The Morgan fingerprint density at radius 3 is 2.50 bits per heavy atom. The van der Waals surface area contributed by atoms with Crippen molar-refractivity contribution in [2.45, 2.75) is 26.2 Å². The van der Waals surface area contributed by atoms with Gasteiger partial charge in [-0.3, -0.25) is 9.78 Å². The van der Waals surface area contributed by atoms with E-state index < -0.39 is 6.61 Å². The van der Waals surface area contributed by atoms with E-state index in [1.54, 1.807) is 41.9 Å². The lowest BCUT2D eigenvalue weighted by Gasteiger charge is -2.14. The highest BCUT2D eigenvalue weighted by molar-refractivity contribution is 7.14. The molecular weight excluding hydrogens is 601 g/mol. The predicted molar refractivity (Wildman–Crippen MR) is 165 cm³/mol. The third-order valence-electron chi connectivity index (χ3n) is 6.21. The first-order valence-electron chi connectivity index (χ1n) is 12.7. The number of benzene rings is 3. The second-order valence-electron chi connectivity index (χ2n) is 9.13. The summed E-state index contributed by atoms with van der Waals surface area (Å²) in [7, 11) is 0. The van der Waals surface area contributed by atoms with Crippen molar-refractivity contribution >= 4 is 41.3 Å². The SMILES string of the molecule is Cl.O=C(Cc1cccc(-c2sccc2-c2cc(Cl)ccc2OCc2ccc(OC(F)F)cc2)c1)NCc1cccnc1. The van der Waals surface area contributed by atoms with E-state index in [1.807, 2.05) is 60.0 Å². The van der Waals surface area contributed by atoms with Gasteiger partial charge in [0.25, 0.3) is 0 Å². The number of pyridine rings is 1. The zero-order valence-electron chi connectivity index (χ0n) is 22.1. The Bertz CT molecular complexity index is 1620. The van der Waals surface area contributed by atoms with Gasteiger partial charge in [-0.05, 0) is 76.2 Å². The van der Waals surface area contributed by atoms with Crippen LogP contribution in [0.1, 0.15) is 16.7 Å². The van der Waals surface area contributed by atoms with Crippen LogP contribution in [0.2, 0.25) is 5.02 Å². The van der Waals surface area contributed by atoms with E-state index in [4.69, 9.17) is 16.3 Å². The van der Waals surface area contributed by atoms with Crippen molar-refractivity contribution in [3.8, 4) is 33.1 Å². The molecule has 10 heteroatoms. The first kappa shape index (κ1) is 31.0. The second-order valence-corrected chi connectivity index (χ2v) is 10.5. The van der Waals surface area contributed by atoms with Crippen molar-refractivity contribution in [1.29, 1.82) is 0 Å². The molecule has 0 saturated heterocycles. The molecule has 1 N–H and O–H groups in total. The number of nitrogens with zero attached hydrogens (tertiary/aromatic N) is 1. The monoisotopic (exact) mass is 626 g/mol. The van der Waals surface area contributed by atoms with E-state index in [2.05, 4.69) is 15.0 Å². The molecule has 0 aliphatic heterocycles. The van der Waals surface area contributed by atoms with Crippen LogP contribution in [-0.2, 0) is 24.4 Å². The van der Waals surface area contributed by atoms with E-state index in [-0.39, 0.29) is 37.1 Å². The van der Waals surface area contributed by atoms with Gasteiger partial charge in [-0.15, -0.1) is 23.7 Å². The summed E-state index contributed by atoms with van der Waals surface area (Å²) in [6.07, 6.45) is 3.68. The Kier molecular flexibility index (Phi) is 10.9. The molecule has 42 heavy (non-hydrogen) atoms. The molecule has 5 rings (SSSR count). The van der Waals surface area contributed by atoms with Gasteiger partial charge in [-0.1, -0.05) is 48.0 Å². The predicted octanol–water partition coefficient (Wildman–Crippen LogP) is 8.59. The summed E-state index contributed by atoms with van der Waals surface area (Å²) in [6, 6.07) is 25.5. The van der Waals surface area contributed by atoms with E-state index in [9.17, 15) is 13.6 Å². The molecule has 0 unspecified atom stereocenters. The van der Waals surface area contributed by atoms with Crippen LogP contribution >= 0.6 is 35.3 Å². The molecule has 0 radical (unpaired) electrons. The molecule has 0 spiro atoms. The standard InChI is InChI=1S/C32H25ClF2N2O3S.ClH/c33-25-8-11-29(39-20-21-6-9-26(10-7-21)40-32(34)35)28(17-25)27-12-14-41-31(27)24-5-1-3-22(15-24)16-30(38)37-19-23-4-2-13-36-18-23;/h1-15,17-18,32H,16,19-20H2,(H,37,38);1H. The fourth-order valence-corrected chi connectivity index (χ4v) is 5.37. The third-order valence-corrected chi connectivity index (χ3v) is 7.40. The minimum absolute atomic E-state index is 0. The minimum Gasteiger partial charge on any atom is -0.488 e. The van der Waals surface area contributed by atoms with E-state index in [1.165, 1.54) is 12.1 Å². The molecule has 5 nitrogen and oxygen atoms in total. The van der Waals surface area contributed by atoms with Gasteiger partial charge < -0.3 is 14.8 Å². The summed E-state index contributed by atoms with van der Waals surface area (Å²) in [5.74, 6) is 0.650. The van der Waals surface area contributed by atoms with Crippen LogP contribution in [0.25, 0.3) is 21.6 Å². The van der Waals surface area contributed by atoms with Crippen molar-refractivity contribution in [2.24, 2.45) is 0 Å². The average Bonchev–Trinajstić information content (AvgIpc) is 3.47. The van der Waals surface area contributed by atoms with Gasteiger partial charge >= 0.3 is 6.61 Å². The summed E-state index contributed by atoms with van der Waals surface area (Å²) in [5, 5.41) is 5.51. The largest absolute Gasteiger partial charge is 0.488 e. The summed E-state index contributed by atoms with van der Waals surface area (Å²) < 4.78 is 35.5. The molecule has 3 aromatic carbocycles. The highest BCUT2D eigenvalue weighted by Crippen LogP contribution is 2.42. The average molecular weight is 628 g/mol. The quantitative estimate of drug-likeness (QED) is 0.159. The van der Waals surface area contributed by atoms with Gasteiger partial charge in [0.05, 0.1) is 6.42 Å². The number of aromatic nitrogens is 1. The third kappa shape index (κ3) is 8.28. The van der Waals surface area contributed by atoms with Crippen molar-refractivity contribution < 1.29 is 23.0 Å². The molecule has 0 aliphatic rings. The molecule has 2 aromatic heterocycles. The summed E-state index contributed by atoms with van der Waals surface area (Å²) in [6.45, 7) is -2.22. The molecule has 1 amide bonds. The number of halogens is 4. The normalized spacial score (nSPS) is 10.7. The molecule has 2 heterocycles. The molecule has 0 atom stereocenters. The topological polar surface area (TPSA) is 60.5 Å². The Morgan fingerprint density at radius 2 is 1.74 bits per heavy atom. The van der Waals surface area contributed by atoms with Gasteiger partial charge in [-0.25, -0.2) is 0 Å². The van der Waals surface area contributed by atoms with Crippen molar-refractivity contribution in [3.05, 3.63) is 124 Å². The lowest BCUT2D eigenvalue weighted by atomic mass is 10.00. The van der Waals surface area contributed by atoms with Crippen molar-refractivity contribution in [3.63, 3.8) is 0 Å². The Labute approximate surface area is 257 Å². The van der Waals surface area contributed by atoms with Gasteiger partial charge in [0.2, 0.25) is 5.91 Å². The van der Waals surface area contributed by atoms with Gasteiger partial charge in [-0.2, -0.15) is 8.78 Å². The highest BCUT2D eigenvalue weighted by atomic mass is 35.5. The van der Waals surface area contributed by atoms with Crippen LogP contribution in [0, 0.1) is 0 Å². The Morgan fingerprint density at radius 1 is 0.929 bits per heavy atom. The second kappa shape index (κ2) is 14.8. The summed E-state index contributed by atoms with van der Waals surface area (Å²) in [5.41, 5.74) is 5.39. The number of hydrogen-bond acceptors (Lipinski definition) is 5. The smallest absolute Gasteiger partial charge is 0.387 e. The minimum atomic E-state index is -2.87. The van der Waals surface area contributed by atoms with Crippen LogP contribution < -0.4 is 14.8 Å². The van der Waals surface area contributed by atoms with Crippen LogP contribution in [0.5, 0.6) is 11.5 Å². The number of carbonyl (C=O) groups is 1. The first-order chi connectivity index (χ1) is 19.9. The van der Waals surface area contributed by atoms with Crippen LogP contribution in [0.15, 0.2) is 103 Å². The van der Waals surface area contributed by atoms with Crippen molar-refractivity contribution in [1.82, 2.24) is 10.3 Å². The fourth-order valence-electron chi connectivity index (χ4n) is 4.29. The number of carbonyl (C=O) groups excluding carboxylic acids is 1. The van der Waals surface area contributed by atoms with Crippen molar-refractivity contribution in [2.75, 3.05) is 0 Å². The Balaban J connectivity index is 0.00000405. The maximum absolute atomic E-state index is 12.6. The van der Waals surface area contributed by atoms with Gasteiger partial charge in [0.1, 0.15) is 18.1 Å². The molecule has 0 aliphatic carbocycles. The van der Waals surface area contributed by atoms with Crippen LogP contribution in [0.3, 0.4) is 0 Å². The molecule has 216 valence electrons. The summed E-state index contributed by atoms with van der Waals surface area (Å²) in [4.78, 5) is 17.7. The van der Waals surface area contributed by atoms with Gasteiger partial charge in [0.15, 0.2) is 0 Å². The lowest BCUT2D eigenvalue weighted by Crippen LogP contribution is -2.24. The van der Waals surface area contributed by atoms with E-state index >= 15 is 0 Å². The number of alkyl halides is 2. The molecule has 0 bridgehead atoms. The number of hydrogen-bond donors (Lipinski definition) is 1. The van der Waals surface area contributed by atoms with E-state index in [0.717, 1.165) is 38.3 Å². The van der Waals surface area contributed by atoms with Crippen LogP contribution in [-0.4, -0.2) is 17.5 Å². The van der Waals surface area contributed by atoms with E-state index in [0.29, 0.717) is 17.3 Å². The van der Waals surface area contributed by atoms with Crippen LogP contribution in [0.4, 0.5) is 8.78 Å². The molecule has 0 fully saturated rings. The molecule has 5 aromatic rings. The number of ether oxygens (including phenoxy) is 2. The lowest BCUT2D eigenvalue weighted by molar-refractivity contribution is -0.120. The number of rotatable bonds is 11. The number of nitrogens with one attached hydrogen (secondary N) is 1. The van der Waals surface area contributed by atoms with Gasteiger partial charge in [0, 0.05) is 40.0 Å². The first-order valence-corrected chi connectivity index (χ1v) is 14.0.